The highest BCUT2D eigenvalue weighted by Crippen LogP contribution is 2.32. The van der Waals surface area contributed by atoms with E-state index in [1.54, 1.807) is 0 Å². The van der Waals surface area contributed by atoms with E-state index in [2.05, 4.69) is 5.32 Å². The molecule has 0 fully saturated rings. The van der Waals surface area contributed by atoms with E-state index in [9.17, 15) is 4.79 Å². The Labute approximate surface area is 123 Å². The van der Waals surface area contributed by atoms with Crippen LogP contribution in [0, 0.1) is 0 Å². The summed E-state index contributed by atoms with van der Waals surface area (Å²) in [7, 11) is 0. The number of rotatable bonds is 3. The van der Waals surface area contributed by atoms with Gasteiger partial charge in [-0.15, -0.1) is 0 Å². The van der Waals surface area contributed by atoms with Crippen LogP contribution in [0.25, 0.3) is 0 Å². The average molecular weight is 286 g/mol. The van der Waals surface area contributed by atoms with Crippen LogP contribution < -0.4 is 5.32 Å². The topological polar surface area (TPSA) is 29.1 Å². The van der Waals surface area contributed by atoms with Crippen LogP contribution in [-0.2, 0) is 11.2 Å². The van der Waals surface area contributed by atoms with E-state index >= 15 is 0 Å². The van der Waals surface area contributed by atoms with Crippen molar-refractivity contribution in [2.75, 3.05) is 11.9 Å². The van der Waals surface area contributed by atoms with Crippen molar-refractivity contribution in [2.24, 2.45) is 0 Å². The van der Waals surface area contributed by atoms with Crippen molar-refractivity contribution in [3.05, 3.63) is 64.7 Å². The van der Waals surface area contributed by atoms with Gasteiger partial charge in [0, 0.05) is 29.6 Å². The normalized spacial score (nSPS) is 17.1. The summed E-state index contributed by atoms with van der Waals surface area (Å²) in [6, 6.07) is 15.6. The smallest absolute Gasteiger partial charge is 0.144 e. The number of halogens is 1. The molecule has 1 aliphatic rings. The van der Waals surface area contributed by atoms with E-state index in [-0.39, 0.29) is 11.7 Å². The van der Waals surface area contributed by atoms with Crippen molar-refractivity contribution >= 4 is 23.1 Å². The standard InChI is InChI=1S/C17H16ClNO/c18-13-5-3-4-12(10-13)11-17(20)15-8-9-19-16-7-2-1-6-14(15)16/h1-7,10,15,19H,8-9,11H2. The number of hydrogen-bond donors (Lipinski definition) is 1. The predicted octanol–water partition coefficient (Wildman–Crippen LogP) is 4.05. The first-order valence-electron chi connectivity index (χ1n) is 6.84. The van der Waals surface area contributed by atoms with E-state index in [1.807, 2.05) is 48.5 Å². The molecule has 1 atom stereocenters. The summed E-state index contributed by atoms with van der Waals surface area (Å²) in [5, 5.41) is 4.03. The van der Waals surface area contributed by atoms with Crippen LogP contribution in [0.1, 0.15) is 23.5 Å². The summed E-state index contributed by atoms with van der Waals surface area (Å²) in [4.78, 5) is 12.6. The summed E-state index contributed by atoms with van der Waals surface area (Å²) in [6.45, 7) is 0.850. The zero-order chi connectivity index (χ0) is 13.9. The number of hydrogen-bond acceptors (Lipinski definition) is 2. The number of carbonyl (C=O) groups excluding carboxylic acids is 1. The molecule has 2 aromatic rings. The van der Waals surface area contributed by atoms with Crippen LogP contribution in [0.3, 0.4) is 0 Å². The highest BCUT2D eigenvalue weighted by molar-refractivity contribution is 6.30. The molecule has 0 saturated heterocycles. The maximum absolute atomic E-state index is 12.6. The Bertz CT molecular complexity index is 638. The molecule has 0 bridgehead atoms. The molecule has 1 unspecified atom stereocenters. The van der Waals surface area contributed by atoms with Crippen molar-refractivity contribution in [1.29, 1.82) is 0 Å². The Kier molecular flexibility index (Phi) is 3.75. The minimum absolute atomic E-state index is 0.00793. The van der Waals surface area contributed by atoms with Crippen LogP contribution >= 0.6 is 11.6 Å². The van der Waals surface area contributed by atoms with Gasteiger partial charge in [-0.25, -0.2) is 0 Å². The zero-order valence-electron chi connectivity index (χ0n) is 11.1. The number of para-hydroxylation sites is 1. The Balaban J connectivity index is 1.82. The van der Waals surface area contributed by atoms with Gasteiger partial charge in [-0.2, -0.15) is 0 Å². The maximum atomic E-state index is 12.6. The van der Waals surface area contributed by atoms with Crippen molar-refractivity contribution in [3.8, 4) is 0 Å². The molecule has 1 heterocycles. The molecule has 0 amide bonds. The molecule has 0 spiro atoms. The lowest BCUT2D eigenvalue weighted by atomic mass is 9.85. The average Bonchev–Trinajstić information content (AvgIpc) is 2.46. The molecule has 20 heavy (non-hydrogen) atoms. The third-order valence-corrected chi connectivity index (χ3v) is 3.98. The van der Waals surface area contributed by atoms with Gasteiger partial charge in [-0.3, -0.25) is 4.79 Å². The molecular formula is C17H16ClNO. The summed E-state index contributed by atoms with van der Waals surface area (Å²) >= 11 is 5.97. The number of fused-ring (bicyclic) bond motifs is 1. The Morgan fingerprint density at radius 1 is 1.20 bits per heavy atom. The SMILES string of the molecule is O=C(Cc1cccc(Cl)c1)C1CCNc2ccccc21. The highest BCUT2D eigenvalue weighted by Gasteiger charge is 2.25. The Morgan fingerprint density at radius 2 is 2.05 bits per heavy atom. The number of nitrogens with one attached hydrogen (secondary N) is 1. The molecule has 102 valence electrons. The van der Waals surface area contributed by atoms with Gasteiger partial charge in [-0.05, 0) is 35.7 Å². The molecule has 0 radical (unpaired) electrons. The van der Waals surface area contributed by atoms with Crippen molar-refractivity contribution in [3.63, 3.8) is 0 Å². The Morgan fingerprint density at radius 3 is 2.90 bits per heavy atom. The largest absolute Gasteiger partial charge is 0.385 e. The first-order chi connectivity index (χ1) is 9.74. The second-order valence-corrected chi connectivity index (χ2v) is 5.56. The molecule has 0 aliphatic carbocycles. The van der Waals surface area contributed by atoms with Gasteiger partial charge in [0.05, 0.1) is 0 Å². The van der Waals surface area contributed by atoms with Gasteiger partial charge in [0.1, 0.15) is 5.78 Å². The molecule has 3 rings (SSSR count). The quantitative estimate of drug-likeness (QED) is 0.922. The van der Waals surface area contributed by atoms with E-state index < -0.39 is 0 Å². The number of anilines is 1. The van der Waals surface area contributed by atoms with Gasteiger partial charge in [0.25, 0.3) is 0 Å². The molecule has 3 heteroatoms. The lowest BCUT2D eigenvalue weighted by Crippen LogP contribution is -2.24. The molecule has 2 aromatic carbocycles. The predicted molar refractivity (Wildman–Crippen MR) is 82.5 cm³/mol. The lowest BCUT2D eigenvalue weighted by Gasteiger charge is -2.25. The number of benzene rings is 2. The fourth-order valence-electron chi connectivity index (χ4n) is 2.77. The minimum atomic E-state index is -0.00793. The number of Topliss-reactive ketones (excluding diaryl/α,β-unsaturated/α-hetero) is 1. The van der Waals surface area contributed by atoms with Gasteiger partial charge >= 0.3 is 0 Å². The fourth-order valence-corrected chi connectivity index (χ4v) is 2.99. The molecule has 2 nitrogen and oxygen atoms in total. The second-order valence-electron chi connectivity index (χ2n) is 5.13. The molecule has 0 saturated carbocycles. The van der Waals surface area contributed by atoms with Crippen molar-refractivity contribution in [2.45, 2.75) is 18.8 Å². The van der Waals surface area contributed by atoms with Gasteiger partial charge in [0.2, 0.25) is 0 Å². The zero-order valence-corrected chi connectivity index (χ0v) is 11.9. The minimum Gasteiger partial charge on any atom is -0.385 e. The summed E-state index contributed by atoms with van der Waals surface area (Å²) in [5.74, 6) is 0.257. The van der Waals surface area contributed by atoms with Crippen LogP contribution in [0.15, 0.2) is 48.5 Å². The third-order valence-electron chi connectivity index (χ3n) is 3.74. The molecule has 0 aromatic heterocycles. The summed E-state index contributed by atoms with van der Waals surface area (Å²) in [5.41, 5.74) is 3.19. The first kappa shape index (κ1) is 13.2. The molecular weight excluding hydrogens is 270 g/mol. The summed E-state index contributed by atoms with van der Waals surface area (Å²) in [6.07, 6.45) is 1.30. The molecule has 1 N–H and O–H groups in total. The number of ketones is 1. The van der Waals surface area contributed by atoms with E-state index in [0.717, 1.165) is 29.8 Å². The van der Waals surface area contributed by atoms with E-state index in [0.29, 0.717) is 11.4 Å². The van der Waals surface area contributed by atoms with Crippen molar-refractivity contribution < 1.29 is 4.79 Å². The highest BCUT2D eigenvalue weighted by atomic mass is 35.5. The molecule has 1 aliphatic heterocycles. The summed E-state index contributed by atoms with van der Waals surface area (Å²) < 4.78 is 0. The maximum Gasteiger partial charge on any atom is 0.144 e. The van der Waals surface area contributed by atoms with Crippen LogP contribution in [0.4, 0.5) is 5.69 Å². The lowest BCUT2D eigenvalue weighted by molar-refractivity contribution is -0.120. The fraction of sp³-hybridized carbons (Fsp3) is 0.235. The van der Waals surface area contributed by atoms with E-state index in [4.69, 9.17) is 11.6 Å². The second kappa shape index (κ2) is 5.68. The van der Waals surface area contributed by atoms with Crippen LogP contribution in [0.5, 0.6) is 0 Å². The van der Waals surface area contributed by atoms with Gasteiger partial charge < -0.3 is 5.32 Å². The number of carbonyl (C=O) groups is 1. The van der Waals surface area contributed by atoms with E-state index in [1.165, 1.54) is 0 Å². The van der Waals surface area contributed by atoms with Gasteiger partial charge in [-0.1, -0.05) is 41.9 Å². The van der Waals surface area contributed by atoms with Crippen LogP contribution in [0.2, 0.25) is 5.02 Å². The Hall–Kier alpha value is -1.80. The monoisotopic (exact) mass is 285 g/mol. The third kappa shape index (κ3) is 2.70. The van der Waals surface area contributed by atoms with Gasteiger partial charge in [0.15, 0.2) is 0 Å². The first-order valence-corrected chi connectivity index (χ1v) is 7.22. The van der Waals surface area contributed by atoms with Crippen LogP contribution in [-0.4, -0.2) is 12.3 Å². The van der Waals surface area contributed by atoms with Crippen molar-refractivity contribution in [1.82, 2.24) is 0 Å².